The van der Waals surface area contributed by atoms with Crippen LogP contribution in [-0.2, 0) is 17.8 Å². The van der Waals surface area contributed by atoms with E-state index < -0.39 is 12.0 Å². The smallest absolute Gasteiger partial charge is 0.320 e. The number of carboxylic acids is 1. The Balaban J connectivity index is 2.54. The Morgan fingerprint density at radius 3 is 2.94 bits per heavy atom. The van der Waals surface area contributed by atoms with E-state index in [1.807, 2.05) is 10.8 Å². The summed E-state index contributed by atoms with van der Waals surface area (Å²) in [4.78, 5) is 14.7. The Hall–Kier alpha value is -1.36. The molecule has 1 aromatic heterocycles. The molecule has 1 aromatic rings. The number of aliphatic carboxylic acids is 1. The number of hydrogen-bond acceptors (Lipinski definition) is 3. The zero-order chi connectivity index (χ0) is 12.1. The van der Waals surface area contributed by atoms with E-state index in [4.69, 9.17) is 10.8 Å². The summed E-state index contributed by atoms with van der Waals surface area (Å²) < 4.78 is 1.98. The lowest BCUT2D eigenvalue weighted by Gasteiger charge is -2.08. The average Bonchev–Trinajstić information content (AvgIpc) is 2.65. The predicted octanol–water partition coefficient (Wildman–Crippen LogP) is 0.884. The van der Waals surface area contributed by atoms with Crippen LogP contribution in [0.15, 0.2) is 12.5 Å². The third kappa shape index (κ3) is 3.66. The van der Waals surface area contributed by atoms with Gasteiger partial charge in [0.25, 0.3) is 0 Å². The van der Waals surface area contributed by atoms with E-state index >= 15 is 0 Å². The van der Waals surface area contributed by atoms with Gasteiger partial charge in [-0.3, -0.25) is 4.79 Å². The van der Waals surface area contributed by atoms with Crippen molar-refractivity contribution in [3.63, 3.8) is 0 Å². The molecule has 0 amide bonds. The van der Waals surface area contributed by atoms with Gasteiger partial charge in [-0.15, -0.1) is 0 Å². The molecule has 2 atom stereocenters. The van der Waals surface area contributed by atoms with Gasteiger partial charge in [-0.2, -0.15) is 0 Å². The first-order valence-corrected chi connectivity index (χ1v) is 5.52. The Morgan fingerprint density at radius 1 is 1.69 bits per heavy atom. The summed E-state index contributed by atoms with van der Waals surface area (Å²) in [5.41, 5.74) is 6.17. The van der Waals surface area contributed by atoms with Crippen molar-refractivity contribution in [2.45, 2.75) is 39.3 Å². The molecule has 0 aliphatic rings. The molecule has 5 heteroatoms. The molecule has 3 N–H and O–H groups in total. The van der Waals surface area contributed by atoms with Gasteiger partial charge in [0.1, 0.15) is 6.04 Å². The molecule has 1 rings (SSSR count). The van der Waals surface area contributed by atoms with Crippen LogP contribution in [-0.4, -0.2) is 26.7 Å². The Kier molecular flexibility index (Phi) is 4.49. The van der Waals surface area contributed by atoms with Gasteiger partial charge in [-0.25, -0.2) is 4.98 Å². The zero-order valence-corrected chi connectivity index (χ0v) is 9.76. The lowest BCUT2D eigenvalue weighted by molar-refractivity contribution is -0.138. The first kappa shape index (κ1) is 12.7. The van der Waals surface area contributed by atoms with E-state index in [0.717, 1.165) is 18.7 Å². The molecule has 0 aliphatic carbocycles. The maximum Gasteiger partial charge on any atom is 0.320 e. The van der Waals surface area contributed by atoms with Crippen molar-refractivity contribution >= 4 is 5.97 Å². The Labute approximate surface area is 95.3 Å². The van der Waals surface area contributed by atoms with Crippen LogP contribution in [0, 0.1) is 5.92 Å². The first-order valence-electron chi connectivity index (χ1n) is 5.52. The van der Waals surface area contributed by atoms with Gasteiger partial charge in [0, 0.05) is 19.2 Å². The fourth-order valence-electron chi connectivity index (χ4n) is 1.41. The second kappa shape index (κ2) is 5.65. The molecule has 0 saturated heterocycles. The topological polar surface area (TPSA) is 81.1 Å². The highest BCUT2D eigenvalue weighted by Crippen LogP contribution is 2.07. The van der Waals surface area contributed by atoms with Gasteiger partial charge in [0.15, 0.2) is 0 Å². The molecule has 0 saturated carbocycles. The van der Waals surface area contributed by atoms with Crippen LogP contribution in [0.2, 0.25) is 0 Å². The molecule has 0 radical (unpaired) electrons. The molecule has 0 aliphatic heterocycles. The van der Waals surface area contributed by atoms with E-state index in [1.165, 1.54) is 0 Å². The summed E-state index contributed by atoms with van der Waals surface area (Å²) in [5, 5.41) is 8.67. The van der Waals surface area contributed by atoms with E-state index in [1.54, 1.807) is 6.33 Å². The average molecular weight is 225 g/mol. The van der Waals surface area contributed by atoms with Gasteiger partial charge >= 0.3 is 5.97 Å². The minimum absolute atomic E-state index is 0.281. The highest BCUT2D eigenvalue weighted by atomic mass is 16.4. The maximum absolute atomic E-state index is 10.6. The van der Waals surface area contributed by atoms with Crippen molar-refractivity contribution in [1.29, 1.82) is 0 Å². The van der Waals surface area contributed by atoms with Crippen LogP contribution in [0.3, 0.4) is 0 Å². The van der Waals surface area contributed by atoms with Crippen molar-refractivity contribution in [3.8, 4) is 0 Å². The summed E-state index contributed by atoms with van der Waals surface area (Å²) in [7, 11) is 0. The third-order valence-corrected chi connectivity index (χ3v) is 2.65. The summed E-state index contributed by atoms with van der Waals surface area (Å²) in [6.07, 6.45) is 5.00. The van der Waals surface area contributed by atoms with E-state index in [0.29, 0.717) is 5.92 Å². The first-order chi connectivity index (χ1) is 7.52. The summed E-state index contributed by atoms with van der Waals surface area (Å²) in [6, 6.07) is -0.869. The minimum Gasteiger partial charge on any atom is -0.480 e. The largest absolute Gasteiger partial charge is 0.480 e. The van der Waals surface area contributed by atoms with E-state index in [-0.39, 0.29) is 6.42 Å². The molecule has 5 nitrogen and oxygen atoms in total. The fourth-order valence-corrected chi connectivity index (χ4v) is 1.41. The van der Waals surface area contributed by atoms with Crippen molar-refractivity contribution in [2.24, 2.45) is 11.7 Å². The zero-order valence-electron chi connectivity index (χ0n) is 9.76. The van der Waals surface area contributed by atoms with Crippen LogP contribution in [0.5, 0.6) is 0 Å². The van der Waals surface area contributed by atoms with Crippen LogP contribution in [0.25, 0.3) is 0 Å². The number of nitrogens with two attached hydrogens (primary N) is 1. The normalized spacial score (nSPS) is 14.7. The number of aromatic nitrogens is 2. The Bertz CT molecular complexity index is 349. The van der Waals surface area contributed by atoms with Gasteiger partial charge in [0.2, 0.25) is 0 Å². The number of carbonyl (C=O) groups is 1. The molecular weight excluding hydrogens is 206 g/mol. The van der Waals surface area contributed by atoms with Crippen LogP contribution < -0.4 is 5.73 Å². The lowest BCUT2D eigenvalue weighted by Crippen LogP contribution is -2.32. The van der Waals surface area contributed by atoms with Crippen LogP contribution in [0.4, 0.5) is 0 Å². The lowest BCUT2D eigenvalue weighted by atomic mass is 10.1. The highest BCUT2D eigenvalue weighted by molar-refractivity contribution is 5.73. The van der Waals surface area contributed by atoms with Gasteiger partial charge in [-0.05, 0) is 5.92 Å². The number of rotatable bonds is 6. The second-order valence-corrected chi connectivity index (χ2v) is 4.22. The Morgan fingerprint density at radius 2 is 2.38 bits per heavy atom. The molecule has 0 aromatic carbocycles. The van der Waals surface area contributed by atoms with E-state index in [9.17, 15) is 4.79 Å². The van der Waals surface area contributed by atoms with Crippen molar-refractivity contribution in [3.05, 3.63) is 18.2 Å². The fraction of sp³-hybridized carbons (Fsp3) is 0.636. The molecule has 1 unspecified atom stereocenters. The maximum atomic E-state index is 10.6. The monoisotopic (exact) mass is 225 g/mol. The SMILES string of the molecule is CCC(C)Cn1cnc(C[C@@H](N)C(=O)O)c1. The highest BCUT2D eigenvalue weighted by Gasteiger charge is 2.13. The number of hydrogen-bond donors (Lipinski definition) is 2. The van der Waals surface area contributed by atoms with Crippen molar-refractivity contribution in [1.82, 2.24) is 9.55 Å². The van der Waals surface area contributed by atoms with Gasteiger partial charge < -0.3 is 15.4 Å². The molecule has 0 fully saturated rings. The second-order valence-electron chi connectivity index (χ2n) is 4.22. The molecule has 16 heavy (non-hydrogen) atoms. The molecule has 1 heterocycles. The van der Waals surface area contributed by atoms with Crippen LogP contribution >= 0.6 is 0 Å². The molecule has 90 valence electrons. The minimum atomic E-state index is -0.989. The van der Waals surface area contributed by atoms with Crippen molar-refractivity contribution in [2.75, 3.05) is 0 Å². The summed E-state index contributed by atoms with van der Waals surface area (Å²) >= 11 is 0. The number of carboxylic acid groups (broad SMARTS) is 1. The van der Waals surface area contributed by atoms with Gasteiger partial charge in [-0.1, -0.05) is 20.3 Å². The molecule has 0 spiro atoms. The molecular formula is C11H19N3O2. The summed E-state index contributed by atoms with van der Waals surface area (Å²) in [5.74, 6) is -0.397. The number of imidazole rings is 1. The number of nitrogens with zero attached hydrogens (tertiary/aromatic N) is 2. The van der Waals surface area contributed by atoms with Crippen molar-refractivity contribution < 1.29 is 9.90 Å². The summed E-state index contributed by atoms with van der Waals surface area (Å²) in [6.45, 7) is 5.22. The quantitative estimate of drug-likeness (QED) is 0.753. The predicted molar refractivity (Wildman–Crippen MR) is 61.0 cm³/mol. The molecule has 0 bridgehead atoms. The van der Waals surface area contributed by atoms with Crippen LogP contribution in [0.1, 0.15) is 26.0 Å². The van der Waals surface area contributed by atoms with E-state index in [2.05, 4.69) is 18.8 Å². The van der Waals surface area contributed by atoms with Gasteiger partial charge in [0.05, 0.1) is 12.0 Å². The standard InChI is InChI=1S/C11H19N3O2/c1-3-8(2)5-14-6-9(13-7-14)4-10(12)11(15)16/h6-8,10H,3-5,12H2,1-2H3,(H,15,16)/t8?,10-/m1/s1. The third-order valence-electron chi connectivity index (χ3n) is 2.65.